The fourth-order valence-corrected chi connectivity index (χ4v) is 3.21. The summed E-state index contributed by atoms with van der Waals surface area (Å²) in [4.78, 5) is 12.2. The van der Waals surface area contributed by atoms with E-state index in [-0.39, 0.29) is 30.1 Å². The first-order valence-electron chi connectivity index (χ1n) is 8.99. The Morgan fingerprint density at radius 1 is 1.19 bits per heavy atom. The van der Waals surface area contributed by atoms with Gasteiger partial charge in [0, 0.05) is 11.5 Å². The van der Waals surface area contributed by atoms with Gasteiger partial charge in [0.1, 0.15) is 0 Å². The van der Waals surface area contributed by atoms with Gasteiger partial charge >= 0.3 is 0 Å². The molecule has 0 aliphatic carbocycles. The maximum absolute atomic E-state index is 12.2. The van der Waals surface area contributed by atoms with Gasteiger partial charge in [-0.05, 0) is 29.2 Å². The zero-order valence-corrected chi connectivity index (χ0v) is 15.6. The highest BCUT2D eigenvalue weighted by Crippen LogP contribution is 2.29. The van der Waals surface area contributed by atoms with Gasteiger partial charge in [-0.2, -0.15) is 0 Å². The van der Waals surface area contributed by atoms with Crippen molar-refractivity contribution in [3.8, 4) is 0 Å². The Labute approximate surface area is 159 Å². The van der Waals surface area contributed by atoms with Crippen molar-refractivity contribution >= 4 is 11.8 Å². The molecule has 0 spiro atoms. The lowest BCUT2D eigenvalue weighted by atomic mass is 9.87. The fourth-order valence-electron chi connectivity index (χ4n) is 3.21. The van der Waals surface area contributed by atoms with E-state index in [1.54, 1.807) is 0 Å². The van der Waals surface area contributed by atoms with Crippen molar-refractivity contribution < 1.29 is 14.6 Å². The van der Waals surface area contributed by atoms with Crippen LogP contribution in [0.5, 0.6) is 0 Å². The van der Waals surface area contributed by atoms with E-state index in [0.29, 0.717) is 12.4 Å². The number of amides is 1. The van der Waals surface area contributed by atoms with Crippen LogP contribution in [-0.2, 0) is 16.1 Å². The lowest BCUT2D eigenvalue weighted by Gasteiger charge is -2.24. The van der Waals surface area contributed by atoms with Crippen molar-refractivity contribution in [2.75, 3.05) is 6.61 Å². The first kappa shape index (κ1) is 18.7. The van der Waals surface area contributed by atoms with E-state index >= 15 is 0 Å². The van der Waals surface area contributed by atoms with E-state index < -0.39 is 0 Å². The van der Waals surface area contributed by atoms with E-state index in [9.17, 15) is 9.90 Å². The number of aliphatic hydroxyl groups excluding tert-OH is 1. The van der Waals surface area contributed by atoms with Gasteiger partial charge in [-0.25, -0.2) is 5.01 Å². The van der Waals surface area contributed by atoms with Crippen LogP contribution < -0.4 is 0 Å². The molecule has 1 aliphatic heterocycles. The van der Waals surface area contributed by atoms with Crippen molar-refractivity contribution in [2.24, 2.45) is 11.0 Å². The number of hydrazone groups is 1. The summed E-state index contributed by atoms with van der Waals surface area (Å²) in [5.41, 5.74) is 2.80. The monoisotopic (exact) mass is 364 g/mol. The van der Waals surface area contributed by atoms with Gasteiger partial charge in [-0.1, -0.05) is 62.9 Å². The van der Waals surface area contributed by atoms with Crippen LogP contribution in [0.2, 0.25) is 0 Å². The highest BCUT2D eigenvalue weighted by molar-refractivity contribution is 5.97. The minimum Gasteiger partial charge on any atom is -0.512 e. The molecule has 0 aromatic heterocycles. The molecule has 0 saturated carbocycles. The number of carbonyl (C=O) groups is 1. The van der Waals surface area contributed by atoms with Gasteiger partial charge in [-0.15, -0.1) is 5.10 Å². The van der Waals surface area contributed by atoms with E-state index in [1.165, 1.54) is 5.01 Å². The van der Waals surface area contributed by atoms with Crippen LogP contribution in [0.4, 0.5) is 0 Å². The number of benzene rings is 2. The predicted octanol–water partition coefficient (Wildman–Crippen LogP) is 4.22. The average molecular weight is 364 g/mol. The standard InChI is InChI=1S/C22H24N2O3/c1-15(2)21(16(3)25)18-11-9-17(10-12-18)13-24-20(26)14-27-22(23-24)19-7-5-4-6-8-19/h4-12,15,21,25H,3,13-14H2,1-2H3. The molecule has 1 N–H and O–H groups in total. The zero-order valence-electron chi connectivity index (χ0n) is 15.6. The molecular weight excluding hydrogens is 340 g/mol. The number of ether oxygens (including phenoxy) is 1. The minimum atomic E-state index is -0.178. The number of hydrogen-bond acceptors (Lipinski definition) is 4. The summed E-state index contributed by atoms with van der Waals surface area (Å²) in [7, 11) is 0. The zero-order chi connectivity index (χ0) is 19.4. The molecule has 0 fully saturated rings. The average Bonchev–Trinajstić information content (AvgIpc) is 2.65. The van der Waals surface area contributed by atoms with Crippen molar-refractivity contribution in [3.05, 3.63) is 83.6 Å². The Bertz CT molecular complexity index is 842. The lowest BCUT2D eigenvalue weighted by molar-refractivity contribution is -0.136. The number of hydrogen-bond donors (Lipinski definition) is 1. The third-order valence-electron chi connectivity index (χ3n) is 4.55. The van der Waals surface area contributed by atoms with Crippen molar-refractivity contribution in [3.63, 3.8) is 0 Å². The second-order valence-corrected chi connectivity index (χ2v) is 6.97. The lowest BCUT2D eigenvalue weighted by Crippen LogP contribution is -2.36. The molecule has 2 aromatic carbocycles. The molecule has 0 bridgehead atoms. The van der Waals surface area contributed by atoms with E-state index in [0.717, 1.165) is 16.7 Å². The highest BCUT2D eigenvalue weighted by Gasteiger charge is 2.23. The van der Waals surface area contributed by atoms with Gasteiger partial charge < -0.3 is 9.84 Å². The molecule has 0 saturated heterocycles. The molecule has 1 atom stereocenters. The van der Waals surface area contributed by atoms with E-state index in [4.69, 9.17) is 4.74 Å². The van der Waals surface area contributed by atoms with Crippen LogP contribution in [-0.4, -0.2) is 28.5 Å². The molecule has 5 nitrogen and oxygen atoms in total. The fraction of sp³-hybridized carbons (Fsp3) is 0.273. The molecule has 0 radical (unpaired) electrons. The number of allylic oxidation sites excluding steroid dienone is 1. The Hall–Kier alpha value is -3.08. The number of rotatable bonds is 6. The largest absolute Gasteiger partial charge is 0.512 e. The number of aliphatic hydroxyl groups is 1. The maximum Gasteiger partial charge on any atom is 0.281 e. The van der Waals surface area contributed by atoms with Crippen molar-refractivity contribution in [2.45, 2.75) is 26.3 Å². The van der Waals surface area contributed by atoms with E-state index in [1.807, 2.05) is 68.4 Å². The van der Waals surface area contributed by atoms with Crippen LogP contribution in [0.15, 0.2) is 72.0 Å². The molecule has 1 unspecified atom stereocenters. The van der Waals surface area contributed by atoms with Gasteiger partial charge in [0.25, 0.3) is 5.91 Å². The van der Waals surface area contributed by atoms with Crippen LogP contribution >= 0.6 is 0 Å². The summed E-state index contributed by atoms with van der Waals surface area (Å²) in [5.74, 6) is 0.572. The highest BCUT2D eigenvalue weighted by atomic mass is 16.5. The van der Waals surface area contributed by atoms with Gasteiger partial charge in [0.15, 0.2) is 6.61 Å². The molecule has 1 aliphatic rings. The number of nitrogens with zero attached hydrogens (tertiary/aromatic N) is 2. The smallest absolute Gasteiger partial charge is 0.281 e. The summed E-state index contributed by atoms with van der Waals surface area (Å²) in [6, 6.07) is 17.4. The van der Waals surface area contributed by atoms with Crippen LogP contribution in [0.25, 0.3) is 0 Å². The summed E-state index contributed by atoms with van der Waals surface area (Å²) in [5, 5.41) is 15.7. The molecule has 140 valence electrons. The molecule has 1 heterocycles. The first-order valence-corrected chi connectivity index (χ1v) is 8.99. The molecular formula is C22H24N2O3. The minimum absolute atomic E-state index is 0.0223. The van der Waals surface area contributed by atoms with Crippen LogP contribution in [0.1, 0.15) is 36.5 Å². The van der Waals surface area contributed by atoms with Crippen molar-refractivity contribution in [1.29, 1.82) is 0 Å². The topological polar surface area (TPSA) is 62.1 Å². The third-order valence-corrected chi connectivity index (χ3v) is 4.55. The molecule has 3 rings (SSSR count). The van der Waals surface area contributed by atoms with Gasteiger partial charge in [0.05, 0.1) is 12.3 Å². The summed E-state index contributed by atoms with van der Waals surface area (Å²) < 4.78 is 5.47. The maximum atomic E-state index is 12.2. The summed E-state index contributed by atoms with van der Waals surface area (Å²) in [6.45, 7) is 8.13. The Morgan fingerprint density at radius 2 is 1.85 bits per heavy atom. The predicted molar refractivity (Wildman–Crippen MR) is 105 cm³/mol. The van der Waals surface area contributed by atoms with Gasteiger partial charge in [0.2, 0.25) is 5.90 Å². The first-order chi connectivity index (χ1) is 13.0. The second kappa shape index (κ2) is 8.08. The normalized spacial score (nSPS) is 15.3. The van der Waals surface area contributed by atoms with E-state index in [2.05, 4.69) is 11.7 Å². The van der Waals surface area contributed by atoms with Gasteiger partial charge in [-0.3, -0.25) is 4.79 Å². The molecule has 5 heteroatoms. The summed E-state index contributed by atoms with van der Waals surface area (Å²) in [6.07, 6.45) is 0. The third kappa shape index (κ3) is 4.37. The Balaban J connectivity index is 1.77. The number of carbonyl (C=O) groups excluding carboxylic acids is 1. The second-order valence-electron chi connectivity index (χ2n) is 6.97. The summed E-state index contributed by atoms with van der Waals surface area (Å²) >= 11 is 0. The molecule has 1 amide bonds. The SMILES string of the molecule is C=C(O)C(c1ccc(CN2N=C(c3ccccc3)OCC2=O)cc1)C(C)C. The van der Waals surface area contributed by atoms with Crippen LogP contribution in [0.3, 0.4) is 0 Å². The Kier molecular flexibility index (Phi) is 5.60. The van der Waals surface area contributed by atoms with Crippen LogP contribution in [0, 0.1) is 5.92 Å². The Morgan fingerprint density at radius 3 is 2.44 bits per heavy atom. The quantitative estimate of drug-likeness (QED) is 0.781. The molecule has 27 heavy (non-hydrogen) atoms. The van der Waals surface area contributed by atoms with Crippen molar-refractivity contribution in [1.82, 2.24) is 5.01 Å². The molecule has 2 aromatic rings.